The highest BCUT2D eigenvalue weighted by Crippen LogP contribution is 2.53. The molecule has 0 amide bonds. The summed E-state index contributed by atoms with van der Waals surface area (Å²) in [5.41, 5.74) is 1.87. The van der Waals surface area contributed by atoms with Crippen LogP contribution in [0, 0.1) is 35.5 Å². The van der Waals surface area contributed by atoms with Crippen LogP contribution in [0.25, 0.3) is 0 Å². The lowest BCUT2D eigenvalue weighted by Gasteiger charge is -2.50. The van der Waals surface area contributed by atoms with Crippen molar-refractivity contribution in [3.8, 4) is 0 Å². The summed E-state index contributed by atoms with van der Waals surface area (Å²) in [6.07, 6.45) is 14.4. The minimum absolute atomic E-state index is 0.952. The topological polar surface area (TPSA) is 0 Å². The fraction of sp³-hybridized carbons (Fsp3) is 0.895. The predicted molar refractivity (Wildman–Crippen MR) is 83.0 cm³/mol. The molecule has 3 rings (SSSR count). The number of fused-ring (bicyclic) bond motifs is 3. The average molecular weight is 260 g/mol. The van der Waals surface area contributed by atoms with Crippen molar-refractivity contribution in [2.24, 2.45) is 35.5 Å². The summed E-state index contributed by atoms with van der Waals surface area (Å²) in [6.45, 7) is 7.35. The molecule has 0 bridgehead atoms. The van der Waals surface area contributed by atoms with Crippen LogP contribution in [0.2, 0.25) is 0 Å². The van der Waals surface area contributed by atoms with E-state index in [0.717, 1.165) is 35.5 Å². The van der Waals surface area contributed by atoms with E-state index in [1.807, 2.05) is 5.57 Å². The van der Waals surface area contributed by atoms with Gasteiger partial charge in [0.1, 0.15) is 0 Å². The normalized spacial score (nSPS) is 46.2. The van der Waals surface area contributed by atoms with Crippen molar-refractivity contribution < 1.29 is 0 Å². The van der Waals surface area contributed by atoms with Gasteiger partial charge in [-0.15, -0.1) is 0 Å². The Morgan fingerprint density at radius 3 is 2.68 bits per heavy atom. The first-order valence-electron chi connectivity index (χ1n) is 8.89. The van der Waals surface area contributed by atoms with E-state index in [9.17, 15) is 0 Å². The summed E-state index contributed by atoms with van der Waals surface area (Å²) in [6, 6.07) is 0. The molecule has 6 unspecified atom stereocenters. The molecule has 0 nitrogen and oxygen atoms in total. The number of hydrogen-bond acceptors (Lipinski definition) is 0. The molecule has 0 heteroatoms. The number of hydrogen-bond donors (Lipinski definition) is 0. The van der Waals surface area contributed by atoms with Gasteiger partial charge in [-0.25, -0.2) is 0 Å². The molecule has 0 heterocycles. The van der Waals surface area contributed by atoms with Crippen LogP contribution in [0.15, 0.2) is 11.6 Å². The SMILES string of the molecule is CCCC1C(C)CCC2C3CCC(C)CC3=CCC12. The van der Waals surface area contributed by atoms with Crippen LogP contribution in [-0.4, -0.2) is 0 Å². The average Bonchev–Trinajstić information content (AvgIpc) is 2.41. The molecule has 108 valence electrons. The van der Waals surface area contributed by atoms with Crippen molar-refractivity contribution in [1.82, 2.24) is 0 Å². The number of allylic oxidation sites excluding steroid dienone is 2. The van der Waals surface area contributed by atoms with Crippen molar-refractivity contribution in [3.05, 3.63) is 11.6 Å². The molecule has 0 aromatic rings. The molecule has 19 heavy (non-hydrogen) atoms. The van der Waals surface area contributed by atoms with E-state index in [0.29, 0.717) is 0 Å². The minimum Gasteiger partial charge on any atom is -0.0847 e. The van der Waals surface area contributed by atoms with E-state index in [2.05, 4.69) is 26.8 Å². The van der Waals surface area contributed by atoms with Crippen molar-refractivity contribution in [1.29, 1.82) is 0 Å². The molecule has 6 atom stereocenters. The van der Waals surface area contributed by atoms with E-state index in [-0.39, 0.29) is 0 Å². The van der Waals surface area contributed by atoms with Crippen LogP contribution >= 0.6 is 0 Å². The number of rotatable bonds is 2. The Morgan fingerprint density at radius 2 is 1.89 bits per heavy atom. The zero-order chi connectivity index (χ0) is 13.4. The smallest absolute Gasteiger partial charge is 0.0172 e. The summed E-state index contributed by atoms with van der Waals surface area (Å²) in [5, 5.41) is 0. The quantitative estimate of drug-likeness (QED) is 0.548. The van der Waals surface area contributed by atoms with Gasteiger partial charge in [0, 0.05) is 0 Å². The van der Waals surface area contributed by atoms with Gasteiger partial charge in [0.15, 0.2) is 0 Å². The van der Waals surface area contributed by atoms with Crippen LogP contribution in [0.3, 0.4) is 0 Å². The van der Waals surface area contributed by atoms with Crippen molar-refractivity contribution in [2.75, 3.05) is 0 Å². The Balaban J connectivity index is 1.80. The van der Waals surface area contributed by atoms with Crippen molar-refractivity contribution in [3.63, 3.8) is 0 Å². The molecule has 0 aliphatic heterocycles. The van der Waals surface area contributed by atoms with E-state index < -0.39 is 0 Å². The maximum atomic E-state index is 2.68. The standard InChI is InChI=1S/C19H32/c1-4-5-16-14(3)7-10-19-17-9-6-13(2)12-15(17)8-11-18(16)19/h8,13-14,16-19H,4-7,9-12H2,1-3H3. The van der Waals surface area contributed by atoms with Gasteiger partial charge in [-0.3, -0.25) is 0 Å². The Kier molecular flexibility index (Phi) is 4.06. The van der Waals surface area contributed by atoms with E-state index in [4.69, 9.17) is 0 Å². The van der Waals surface area contributed by atoms with E-state index in [1.165, 1.54) is 51.4 Å². The predicted octanol–water partition coefficient (Wildman–Crippen LogP) is 5.83. The van der Waals surface area contributed by atoms with Gasteiger partial charge in [-0.05, 0) is 67.6 Å². The lowest BCUT2D eigenvalue weighted by molar-refractivity contribution is 0.0452. The maximum absolute atomic E-state index is 2.68. The Bertz CT molecular complexity index is 340. The zero-order valence-corrected chi connectivity index (χ0v) is 13.2. The van der Waals surface area contributed by atoms with Gasteiger partial charge in [0.05, 0.1) is 0 Å². The van der Waals surface area contributed by atoms with Gasteiger partial charge in [0.2, 0.25) is 0 Å². The Labute approximate surface area is 120 Å². The van der Waals surface area contributed by atoms with Crippen molar-refractivity contribution >= 4 is 0 Å². The monoisotopic (exact) mass is 260 g/mol. The summed E-state index contributed by atoms with van der Waals surface area (Å²) in [4.78, 5) is 0. The highest BCUT2D eigenvalue weighted by Gasteiger charge is 2.43. The zero-order valence-electron chi connectivity index (χ0n) is 13.2. The van der Waals surface area contributed by atoms with Crippen LogP contribution in [0.4, 0.5) is 0 Å². The lowest BCUT2D eigenvalue weighted by atomic mass is 9.55. The first-order valence-corrected chi connectivity index (χ1v) is 8.89. The molecule has 0 aromatic heterocycles. The fourth-order valence-corrected chi connectivity index (χ4v) is 5.62. The van der Waals surface area contributed by atoms with Gasteiger partial charge < -0.3 is 0 Å². The lowest BCUT2D eigenvalue weighted by Crippen LogP contribution is -2.41. The first-order chi connectivity index (χ1) is 9.20. The molecule has 0 spiro atoms. The second kappa shape index (κ2) is 5.62. The molecular formula is C19H32. The minimum atomic E-state index is 0.952. The summed E-state index contributed by atoms with van der Waals surface area (Å²) in [5.74, 6) is 6.04. The van der Waals surface area contributed by atoms with Gasteiger partial charge in [-0.1, -0.05) is 51.7 Å². The van der Waals surface area contributed by atoms with Gasteiger partial charge in [0.25, 0.3) is 0 Å². The highest BCUT2D eigenvalue weighted by atomic mass is 14.5. The van der Waals surface area contributed by atoms with Crippen LogP contribution in [0.1, 0.15) is 72.1 Å². The molecule has 2 saturated carbocycles. The van der Waals surface area contributed by atoms with E-state index in [1.54, 1.807) is 0 Å². The molecule has 0 saturated heterocycles. The Hall–Kier alpha value is -0.260. The molecule has 0 aromatic carbocycles. The first kappa shape index (κ1) is 13.7. The maximum Gasteiger partial charge on any atom is -0.0172 e. The summed E-state index contributed by atoms with van der Waals surface area (Å²) < 4.78 is 0. The van der Waals surface area contributed by atoms with E-state index >= 15 is 0 Å². The van der Waals surface area contributed by atoms with Crippen LogP contribution in [0.5, 0.6) is 0 Å². The Morgan fingerprint density at radius 1 is 1.05 bits per heavy atom. The van der Waals surface area contributed by atoms with Crippen molar-refractivity contribution in [2.45, 2.75) is 72.1 Å². The second-order valence-corrected chi connectivity index (χ2v) is 7.84. The molecule has 0 N–H and O–H groups in total. The molecule has 3 aliphatic rings. The third-order valence-electron chi connectivity index (χ3n) is 6.61. The third-order valence-corrected chi connectivity index (χ3v) is 6.61. The largest absolute Gasteiger partial charge is 0.0847 e. The van der Waals surface area contributed by atoms with Gasteiger partial charge >= 0.3 is 0 Å². The molecule has 0 radical (unpaired) electrons. The molecule has 3 aliphatic carbocycles. The van der Waals surface area contributed by atoms with Crippen LogP contribution in [-0.2, 0) is 0 Å². The molecule has 2 fully saturated rings. The summed E-state index contributed by atoms with van der Waals surface area (Å²) >= 11 is 0. The third kappa shape index (κ3) is 2.52. The summed E-state index contributed by atoms with van der Waals surface area (Å²) in [7, 11) is 0. The molecular weight excluding hydrogens is 228 g/mol. The van der Waals surface area contributed by atoms with Crippen LogP contribution < -0.4 is 0 Å². The second-order valence-electron chi connectivity index (χ2n) is 7.84. The fourth-order valence-electron chi connectivity index (χ4n) is 5.62. The van der Waals surface area contributed by atoms with Gasteiger partial charge in [-0.2, -0.15) is 0 Å². The highest BCUT2D eigenvalue weighted by molar-refractivity contribution is 5.17.